The fourth-order valence-corrected chi connectivity index (χ4v) is 8.25. The lowest BCUT2D eigenvalue weighted by molar-refractivity contribution is 1.09. The highest BCUT2D eigenvalue weighted by Gasteiger charge is 2.21. The van der Waals surface area contributed by atoms with Gasteiger partial charge in [0, 0.05) is 22.7 Å². The largest absolute Gasteiger partial charge is 0.309 e. The maximum Gasteiger partial charge on any atom is 0.222 e. The summed E-state index contributed by atoms with van der Waals surface area (Å²) >= 11 is 0. The van der Waals surface area contributed by atoms with Crippen LogP contribution in [0.3, 0.4) is 0 Å². The second-order valence-corrected chi connectivity index (χ2v) is 13.1. The van der Waals surface area contributed by atoms with Gasteiger partial charge in [-0.25, -0.2) is 9.97 Å². The predicted octanol–water partition coefficient (Wildman–Crippen LogP) is 9.67. The van der Waals surface area contributed by atoms with Gasteiger partial charge in [0.15, 0.2) is 5.65 Å². The van der Waals surface area contributed by atoms with Gasteiger partial charge in [0.25, 0.3) is 0 Å². The maximum absolute atomic E-state index is 5.14. The fraction of sp³-hybridized carbons (Fsp3) is 0. The summed E-state index contributed by atoms with van der Waals surface area (Å²) in [7, 11) is 0. The van der Waals surface area contributed by atoms with Crippen molar-refractivity contribution in [1.29, 1.82) is 0 Å². The molecular formula is C43H26N8. The summed E-state index contributed by atoms with van der Waals surface area (Å²) in [5.74, 6) is 1.73. The van der Waals surface area contributed by atoms with Crippen molar-refractivity contribution < 1.29 is 0 Å². The quantitative estimate of drug-likeness (QED) is 0.191. The Labute approximate surface area is 289 Å². The van der Waals surface area contributed by atoms with Gasteiger partial charge in [-0.15, -0.1) is 0 Å². The van der Waals surface area contributed by atoms with Crippen LogP contribution in [0, 0.1) is 0 Å². The molecule has 0 radical (unpaired) electrons. The average Bonchev–Trinajstić information content (AvgIpc) is 3.97. The Morgan fingerprint density at radius 1 is 0.353 bits per heavy atom. The molecule has 8 heteroatoms. The third-order valence-electron chi connectivity index (χ3n) is 10.3. The molecule has 0 aliphatic rings. The Bertz CT molecular complexity index is 3390. The number of hydrogen-bond donors (Lipinski definition) is 0. The van der Waals surface area contributed by atoms with Crippen molar-refractivity contribution in [3.05, 3.63) is 158 Å². The van der Waals surface area contributed by atoms with E-state index in [0.29, 0.717) is 0 Å². The lowest BCUT2D eigenvalue weighted by atomic mass is 10.1. The summed E-state index contributed by atoms with van der Waals surface area (Å²) in [5.41, 5.74) is 13.6. The van der Waals surface area contributed by atoms with Crippen molar-refractivity contribution in [2.45, 2.75) is 0 Å². The molecule has 0 aliphatic heterocycles. The molecule has 0 saturated heterocycles. The van der Waals surface area contributed by atoms with Gasteiger partial charge >= 0.3 is 0 Å². The third-order valence-corrected chi connectivity index (χ3v) is 10.3. The number of hydrogen-bond acceptors (Lipinski definition) is 3. The van der Waals surface area contributed by atoms with E-state index in [1.165, 1.54) is 10.8 Å². The Morgan fingerprint density at radius 2 is 0.922 bits per heavy atom. The zero-order chi connectivity index (χ0) is 33.2. The Hall–Kier alpha value is -7.19. The molecule has 0 atom stereocenters. The zero-order valence-corrected chi connectivity index (χ0v) is 27.1. The van der Waals surface area contributed by atoms with Crippen LogP contribution in [0.4, 0.5) is 0 Å². The third kappa shape index (κ3) is 3.50. The predicted molar refractivity (Wildman–Crippen MR) is 205 cm³/mol. The summed E-state index contributed by atoms with van der Waals surface area (Å²) in [6.45, 7) is 0. The molecule has 0 fully saturated rings. The first kappa shape index (κ1) is 26.7. The molecule has 8 nitrogen and oxygen atoms in total. The number of para-hydroxylation sites is 7. The first-order valence-corrected chi connectivity index (χ1v) is 17.1. The van der Waals surface area contributed by atoms with Crippen molar-refractivity contribution in [2.24, 2.45) is 0 Å². The monoisotopic (exact) mass is 654 g/mol. The van der Waals surface area contributed by atoms with Crippen LogP contribution in [0.1, 0.15) is 0 Å². The highest BCUT2D eigenvalue weighted by molar-refractivity contribution is 6.10. The Morgan fingerprint density at radius 3 is 1.71 bits per heavy atom. The van der Waals surface area contributed by atoms with Crippen LogP contribution in [0.15, 0.2) is 158 Å². The van der Waals surface area contributed by atoms with Crippen molar-refractivity contribution in [1.82, 2.24) is 37.5 Å². The molecule has 0 spiro atoms. The molecule has 0 N–H and O–H groups in total. The molecule has 0 bridgehead atoms. The first-order valence-electron chi connectivity index (χ1n) is 17.1. The minimum Gasteiger partial charge on any atom is -0.309 e. The van der Waals surface area contributed by atoms with E-state index < -0.39 is 0 Å². The zero-order valence-electron chi connectivity index (χ0n) is 27.1. The molecule has 0 amide bonds. The standard InChI is InChI=1S/C43H26N8/c1-3-15-33-30(13-1)31-23-22-29(49-35-17-5-7-19-37(35)50-34-16-4-2-14-32(34)45-42(49)50)26-40(31)47(33)27-11-9-12-28(25-27)48-36-18-6-8-20-38(36)51-39-21-10-24-44-41(39)46-43(48)51/h1-26H. The minimum absolute atomic E-state index is 0.732. The molecule has 51 heavy (non-hydrogen) atoms. The second-order valence-electron chi connectivity index (χ2n) is 13.1. The van der Waals surface area contributed by atoms with Crippen molar-refractivity contribution in [3.8, 4) is 17.1 Å². The molecule has 6 aromatic carbocycles. The van der Waals surface area contributed by atoms with E-state index in [1.807, 2.05) is 12.1 Å². The summed E-state index contributed by atoms with van der Waals surface area (Å²) in [4.78, 5) is 14.7. The van der Waals surface area contributed by atoms with Crippen LogP contribution in [0.5, 0.6) is 0 Å². The smallest absolute Gasteiger partial charge is 0.222 e. The molecule has 12 rings (SSSR count). The Balaban J connectivity index is 1.13. The molecule has 0 aliphatic carbocycles. The first-order chi connectivity index (χ1) is 25.3. The molecule has 238 valence electrons. The fourth-order valence-electron chi connectivity index (χ4n) is 8.25. The number of pyridine rings is 1. The molecule has 6 aromatic heterocycles. The van der Waals surface area contributed by atoms with E-state index >= 15 is 0 Å². The van der Waals surface area contributed by atoms with Crippen LogP contribution in [-0.2, 0) is 0 Å². The van der Waals surface area contributed by atoms with Gasteiger partial charge in [0.05, 0.1) is 61.0 Å². The van der Waals surface area contributed by atoms with Crippen molar-refractivity contribution in [3.63, 3.8) is 0 Å². The number of imidazole rings is 4. The van der Waals surface area contributed by atoms with Gasteiger partial charge in [-0.2, -0.15) is 4.98 Å². The van der Waals surface area contributed by atoms with Crippen LogP contribution < -0.4 is 0 Å². The summed E-state index contributed by atoms with van der Waals surface area (Å²) in [5, 5.41) is 2.40. The number of fused-ring (bicyclic) bond motifs is 13. The van der Waals surface area contributed by atoms with Crippen LogP contribution in [0.2, 0.25) is 0 Å². The van der Waals surface area contributed by atoms with Crippen LogP contribution >= 0.6 is 0 Å². The number of benzene rings is 6. The van der Waals surface area contributed by atoms with E-state index in [4.69, 9.17) is 9.97 Å². The summed E-state index contributed by atoms with van der Waals surface area (Å²) in [6.07, 6.45) is 1.80. The highest BCUT2D eigenvalue weighted by atomic mass is 15.2. The van der Waals surface area contributed by atoms with Gasteiger partial charge in [-0.3, -0.25) is 17.9 Å². The van der Waals surface area contributed by atoms with Gasteiger partial charge in [0.1, 0.15) is 0 Å². The molecule has 0 saturated carbocycles. The van der Waals surface area contributed by atoms with Gasteiger partial charge < -0.3 is 4.57 Å². The van der Waals surface area contributed by atoms with E-state index in [0.717, 1.165) is 83.9 Å². The van der Waals surface area contributed by atoms with Gasteiger partial charge in [-0.1, -0.05) is 66.7 Å². The molecule has 6 heterocycles. The summed E-state index contributed by atoms with van der Waals surface area (Å²) < 4.78 is 11.4. The normalized spacial score (nSPS) is 12.3. The van der Waals surface area contributed by atoms with Gasteiger partial charge in [0.2, 0.25) is 11.6 Å². The molecule has 12 aromatic rings. The van der Waals surface area contributed by atoms with Crippen molar-refractivity contribution in [2.75, 3.05) is 0 Å². The summed E-state index contributed by atoms with van der Waals surface area (Å²) in [6, 6.07) is 53.6. The lowest BCUT2D eigenvalue weighted by Gasteiger charge is -2.12. The number of rotatable bonds is 3. The van der Waals surface area contributed by atoms with E-state index in [9.17, 15) is 0 Å². The van der Waals surface area contributed by atoms with Crippen molar-refractivity contribution >= 4 is 77.6 Å². The van der Waals surface area contributed by atoms with Crippen LogP contribution in [-0.4, -0.2) is 37.5 Å². The number of aromatic nitrogens is 8. The maximum atomic E-state index is 5.14. The Kier molecular flexibility index (Phi) is 5.09. The topological polar surface area (TPSA) is 62.3 Å². The van der Waals surface area contributed by atoms with Gasteiger partial charge in [-0.05, 0) is 84.9 Å². The van der Waals surface area contributed by atoms with E-state index in [-0.39, 0.29) is 0 Å². The second kappa shape index (κ2) is 9.71. The van der Waals surface area contributed by atoms with E-state index in [2.05, 4.69) is 167 Å². The highest BCUT2D eigenvalue weighted by Crippen LogP contribution is 2.37. The average molecular weight is 655 g/mol. The van der Waals surface area contributed by atoms with Crippen LogP contribution in [0.25, 0.3) is 94.7 Å². The molecule has 0 unspecified atom stereocenters. The number of nitrogens with zero attached hydrogens (tertiary/aromatic N) is 8. The van der Waals surface area contributed by atoms with E-state index in [1.54, 1.807) is 6.20 Å². The molecular weight excluding hydrogens is 629 g/mol. The minimum atomic E-state index is 0.732. The lowest BCUT2D eigenvalue weighted by Crippen LogP contribution is -2.00. The SMILES string of the molecule is c1cc(-n2c3ccccc3c3ccc(-n4c5ccccc5n5c6ccccc6nc45)cc32)cc(-n2c3ccccc3n3c4cccnc4nc23)c1.